The van der Waals surface area contributed by atoms with Gasteiger partial charge < -0.3 is 20.3 Å². The van der Waals surface area contributed by atoms with Gasteiger partial charge in [0.2, 0.25) is 5.91 Å². The van der Waals surface area contributed by atoms with Crippen LogP contribution in [0.3, 0.4) is 0 Å². The van der Waals surface area contributed by atoms with Crippen LogP contribution in [0.5, 0.6) is 0 Å². The number of carbonyl (C=O) groups excluding carboxylic acids is 2. The number of hydrogen-bond acceptors (Lipinski definition) is 4. The van der Waals surface area contributed by atoms with Crippen molar-refractivity contribution in [3.63, 3.8) is 0 Å². The highest BCUT2D eigenvalue weighted by Crippen LogP contribution is 2.30. The van der Waals surface area contributed by atoms with Gasteiger partial charge in [-0.15, -0.1) is 0 Å². The lowest BCUT2D eigenvalue weighted by Gasteiger charge is -2.32. The van der Waals surface area contributed by atoms with E-state index in [1.807, 2.05) is 18.2 Å². The van der Waals surface area contributed by atoms with E-state index in [9.17, 15) is 9.59 Å². The second-order valence-electron chi connectivity index (χ2n) is 9.02. The Morgan fingerprint density at radius 3 is 2.76 bits per heavy atom. The van der Waals surface area contributed by atoms with Crippen molar-refractivity contribution in [3.05, 3.63) is 59.2 Å². The third kappa shape index (κ3) is 6.14. The molecule has 0 aromatic heterocycles. The smallest absolute Gasteiger partial charge is 0.253 e. The number of carbonyl (C=O) groups is 2. The minimum absolute atomic E-state index is 0.00573. The van der Waals surface area contributed by atoms with Crippen molar-refractivity contribution in [1.29, 1.82) is 0 Å². The average Bonchev–Trinajstić information content (AvgIpc) is 3.36. The lowest BCUT2D eigenvalue weighted by Crippen LogP contribution is -2.35. The Labute approximate surface area is 196 Å². The van der Waals surface area contributed by atoms with Gasteiger partial charge in [-0.25, -0.2) is 0 Å². The van der Waals surface area contributed by atoms with Gasteiger partial charge in [0.05, 0.1) is 11.7 Å². The van der Waals surface area contributed by atoms with E-state index in [1.165, 1.54) is 11.1 Å². The average molecular weight is 450 g/mol. The molecule has 0 spiro atoms. The van der Waals surface area contributed by atoms with E-state index >= 15 is 0 Å². The molecule has 0 radical (unpaired) electrons. The van der Waals surface area contributed by atoms with Crippen molar-refractivity contribution in [2.75, 3.05) is 29.9 Å². The highest BCUT2D eigenvalue weighted by Gasteiger charge is 2.23. The molecule has 1 saturated heterocycles. The highest BCUT2D eigenvalue weighted by atomic mass is 16.5. The maximum atomic E-state index is 13.3. The van der Waals surface area contributed by atoms with Gasteiger partial charge in [-0.05, 0) is 55.0 Å². The summed E-state index contributed by atoms with van der Waals surface area (Å²) in [6.07, 6.45) is 6.54. The van der Waals surface area contributed by atoms with E-state index < -0.39 is 0 Å². The quantitative estimate of drug-likeness (QED) is 0.546. The second kappa shape index (κ2) is 11.3. The van der Waals surface area contributed by atoms with Crippen LogP contribution in [-0.4, -0.2) is 37.6 Å². The first-order chi connectivity index (χ1) is 16.1. The minimum Gasteiger partial charge on any atom is -0.376 e. The van der Waals surface area contributed by atoms with Crippen molar-refractivity contribution < 1.29 is 14.3 Å². The Bertz CT molecular complexity index is 969. The van der Waals surface area contributed by atoms with Crippen LogP contribution in [0.4, 0.5) is 11.4 Å². The second-order valence-corrected chi connectivity index (χ2v) is 9.02. The zero-order chi connectivity index (χ0) is 23.0. The van der Waals surface area contributed by atoms with Gasteiger partial charge in [-0.2, -0.15) is 0 Å². The molecule has 2 aromatic carbocycles. The molecule has 2 N–H and O–H groups in total. The van der Waals surface area contributed by atoms with Crippen molar-refractivity contribution in [1.82, 2.24) is 5.32 Å². The summed E-state index contributed by atoms with van der Waals surface area (Å²) >= 11 is 0. The van der Waals surface area contributed by atoms with Gasteiger partial charge in [0, 0.05) is 44.0 Å². The molecule has 1 atom stereocenters. The number of nitrogens with zero attached hydrogens (tertiary/aromatic N) is 1. The molecule has 4 rings (SSSR count). The van der Waals surface area contributed by atoms with E-state index in [-0.39, 0.29) is 17.9 Å². The molecule has 6 heteroatoms. The molecule has 33 heavy (non-hydrogen) atoms. The Hall–Kier alpha value is -2.86. The summed E-state index contributed by atoms with van der Waals surface area (Å²) in [4.78, 5) is 27.9. The van der Waals surface area contributed by atoms with Crippen molar-refractivity contribution in [3.8, 4) is 0 Å². The highest BCUT2D eigenvalue weighted by molar-refractivity contribution is 6.02. The summed E-state index contributed by atoms with van der Waals surface area (Å²) in [5.41, 5.74) is 4.83. The summed E-state index contributed by atoms with van der Waals surface area (Å²) in [6.45, 7) is 5.01. The number of fused-ring (bicyclic) bond motifs is 1. The van der Waals surface area contributed by atoms with Crippen LogP contribution in [0.25, 0.3) is 0 Å². The molecule has 0 saturated carbocycles. The van der Waals surface area contributed by atoms with E-state index in [0.29, 0.717) is 24.2 Å². The zero-order valence-corrected chi connectivity index (χ0v) is 19.6. The first-order valence-electron chi connectivity index (χ1n) is 12.3. The number of benzene rings is 2. The molecule has 0 aliphatic carbocycles. The number of ether oxygens (including phenoxy) is 1. The summed E-state index contributed by atoms with van der Waals surface area (Å²) < 4.78 is 5.67. The topological polar surface area (TPSA) is 70.7 Å². The molecule has 2 aliphatic heterocycles. The van der Waals surface area contributed by atoms with Crippen LogP contribution in [-0.2, 0) is 22.5 Å². The van der Waals surface area contributed by atoms with Gasteiger partial charge in [-0.3, -0.25) is 9.59 Å². The number of hydrogen-bond donors (Lipinski definition) is 2. The molecule has 1 fully saturated rings. The number of amides is 2. The third-order valence-electron chi connectivity index (χ3n) is 6.52. The Morgan fingerprint density at radius 1 is 1.12 bits per heavy atom. The monoisotopic (exact) mass is 449 g/mol. The van der Waals surface area contributed by atoms with E-state index in [4.69, 9.17) is 4.74 Å². The van der Waals surface area contributed by atoms with Crippen molar-refractivity contribution in [2.24, 2.45) is 0 Å². The maximum Gasteiger partial charge on any atom is 0.253 e. The van der Waals surface area contributed by atoms with Crippen LogP contribution in [0.1, 0.15) is 66.9 Å². The molecule has 6 nitrogen and oxygen atoms in total. The normalized spacial score (nSPS) is 17.5. The third-order valence-corrected chi connectivity index (χ3v) is 6.52. The lowest BCUT2D eigenvalue weighted by molar-refractivity contribution is -0.116. The van der Waals surface area contributed by atoms with Crippen LogP contribution in [0.15, 0.2) is 42.5 Å². The molecule has 2 aromatic rings. The maximum absolute atomic E-state index is 13.3. The number of anilines is 2. The molecule has 2 heterocycles. The largest absolute Gasteiger partial charge is 0.376 e. The standard InChI is InChI=1S/C27H35N3O3/c1-2-3-4-11-26(31)29-22-12-13-25(30-15-14-20-8-5-6-9-21(20)19-30)24(17-22)27(32)28-18-23-10-7-16-33-23/h5-6,8-9,12-13,17,23H,2-4,7,10-11,14-16,18-19H2,1H3,(H,28,32)(H,29,31). The van der Waals surface area contributed by atoms with Gasteiger partial charge in [0.1, 0.15) is 0 Å². The molecule has 0 bridgehead atoms. The molecule has 176 valence electrons. The van der Waals surface area contributed by atoms with Crippen LogP contribution >= 0.6 is 0 Å². The van der Waals surface area contributed by atoms with E-state index in [0.717, 1.165) is 63.9 Å². The van der Waals surface area contributed by atoms with Crippen LogP contribution < -0.4 is 15.5 Å². The van der Waals surface area contributed by atoms with E-state index in [1.54, 1.807) is 0 Å². The van der Waals surface area contributed by atoms with Crippen molar-refractivity contribution >= 4 is 23.2 Å². The Balaban J connectivity index is 1.52. The fourth-order valence-corrected chi connectivity index (χ4v) is 4.64. The predicted molar refractivity (Wildman–Crippen MR) is 132 cm³/mol. The Morgan fingerprint density at radius 2 is 1.97 bits per heavy atom. The number of nitrogens with one attached hydrogen (secondary N) is 2. The van der Waals surface area contributed by atoms with Gasteiger partial charge in [0.15, 0.2) is 0 Å². The summed E-state index contributed by atoms with van der Waals surface area (Å²) in [7, 11) is 0. The minimum atomic E-state index is -0.124. The number of rotatable bonds is 9. The molecular weight excluding hydrogens is 414 g/mol. The summed E-state index contributed by atoms with van der Waals surface area (Å²) in [6, 6.07) is 14.2. The lowest BCUT2D eigenvalue weighted by atomic mass is 9.98. The van der Waals surface area contributed by atoms with E-state index in [2.05, 4.69) is 46.7 Å². The predicted octanol–water partition coefficient (Wildman–Crippen LogP) is 4.68. The van der Waals surface area contributed by atoms with Crippen LogP contribution in [0, 0.1) is 0 Å². The summed E-state index contributed by atoms with van der Waals surface area (Å²) in [5.74, 6) is -0.129. The van der Waals surface area contributed by atoms with Gasteiger partial charge >= 0.3 is 0 Å². The summed E-state index contributed by atoms with van der Waals surface area (Å²) in [5, 5.41) is 6.04. The SMILES string of the molecule is CCCCCC(=O)Nc1ccc(N2CCc3ccccc3C2)c(C(=O)NCC2CCCO2)c1. The van der Waals surface area contributed by atoms with Gasteiger partial charge in [0.25, 0.3) is 5.91 Å². The van der Waals surface area contributed by atoms with Crippen molar-refractivity contribution in [2.45, 2.75) is 64.5 Å². The molecular formula is C27H35N3O3. The molecule has 1 unspecified atom stereocenters. The van der Waals surface area contributed by atoms with Crippen LogP contribution in [0.2, 0.25) is 0 Å². The Kier molecular flexibility index (Phi) is 8.00. The fourth-order valence-electron chi connectivity index (χ4n) is 4.64. The first kappa shape index (κ1) is 23.3. The molecule has 2 aliphatic rings. The first-order valence-corrected chi connectivity index (χ1v) is 12.3. The number of unbranched alkanes of at least 4 members (excludes halogenated alkanes) is 2. The fraction of sp³-hybridized carbons (Fsp3) is 0.481. The molecule has 2 amide bonds. The zero-order valence-electron chi connectivity index (χ0n) is 19.6. The van der Waals surface area contributed by atoms with Gasteiger partial charge in [-0.1, -0.05) is 44.0 Å².